The van der Waals surface area contributed by atoms with Crippen molar-refractivity contribution in [3.8, 4) is 11.5 Å². The molecule has 0 heterocycles. The molecule has 1 atom stereocenters. The van der Waals surface area contributed by atoms with E-state index in [1.807, 2.05) is 12.1 Å². The molecule has 0 bridgehead atoms. The fourth-order valence-electron chi connectivity index (χ4n) is 2.00. The lowest BCUT2D eigenvalue weighted by Crippen LogP contribution is -2.25. The van der Waals surface area contributed by atoms with Crippen LogP contribution in [-0.2, 0) is 0 Å². The zero-order valence-electron chi connectivity index (χ0n) is 11.9. The second kappa shape index (κ2) is 7.27. The molecule has 3 heteroatoms. The highest BCUT2D eigenvalue weighted by Crippen LogP contribution is 2.28. The zero-order valence-corrected chi connectivity index (χ0v) is 11.9. The Balaban J connectivity index is 2.63. The van der Waals surface area contributed by atoms with Gasteiger partial charge in [0.1, 0.15) is 0 Å². The summed E-state index contributed by atoms with van der Waals surface area (Å²) in [6.07, 6.45) is 2.41. The van der Waals surface area contributed by atoms with E-state index in [0.717, 1.165) is 18.0 Å². The van der Waals surface area contributed by atoms with Gasteiger partial charge in [-0.05, 0) is 37.1 Å². The van der Waals surface area contributed by atoms with Gasteiger partial charge in [0.15, 0.2) is 11.5 Å². The van der Waals surface area contributed by atoms with Crippen LogP contribution in [0.15, 0.2) is 18.2 Å². The van der Waals surface area contributed by atoms with Gasteiger partial charge in [0.05, 0.1) is 7.11 Å². The van der Waals surface area contributed by atoms with Crippen LogP contribution in [0.25, 0.3) is 0 Å². The SMILES string of the molecule is CCC(CC)CNC(C)c1ccc(O)c(OC)c1. The zero-order chi connectivity index (χ0) is 13.5. The molecule has 0 saturated carbocycles. The highest BCUT2D eigenvalue weighted by Gasteiger charge is 2.10. The molecule has 0 aliphatic heterocycles. The molecule has 0 spiro atoms. The number of methoxy groups -OCH3 is 1. The Morgan fingerprint density at radius 2 is 1.94 bits per heavy atom. The predicted octanol–water partition coefficient (Wildman–Crippen LogP) is 3.49. The van der Waals surface area contributed by atoms with Crippen molar-refractivity contribution >= 4 is 0 Å². The Morgan fingerprint density at radius 3 is 2.50 bits per heavy atom. The van der Waals surface area contributed by atoms with Crippen LogP contribution in [0.3, 0.4) is 0 Å². The summed E-state index contributed by atoms with van der Waals surface area (Å²) in [5.74, 6) is 1.45. The quantitative estimate of drug-likeness (QED) is 0.779. The van der Waals surface area contributed by atoms with Crippen LogP contribution in [-0.4, -0.2) is 18.8 Å². The van der Waals surface area contributed by atoms with Crippen molar-refractivity contribution in [1.82, 2.24) is 5.32 Å². The summed E-state index contributed by atoms with van der Waals surface area (Å²) in [4.78, 5) is 0. The van der Waals surface area contributed by atoms with Crippen molar-refractivity contribution in [2.75, 3.05) is 13.7 Å². The summed E-state index contributed by atoms with van der Waals surface area (Å²) in [6.45, 7) is 7.61. The Hall–Kier alpha value is -1.22. The maximum absolute atomic E-state index is 9.57. The number of phenols is 1. The van der Waals surface area contributed by atoms with Crippen LogP contribution in [0.4, 0.5) is 0 Å². The highest BCUT2D eigenvalue weighted by molar-refractivity contribution is 5.42. The van der Waals surface area contributed by atoms with Gasteiger partial charge in [-0.25, -0.2) is 0 Å². The second-order valence-corrected chi connectivity index (χ2v) is 4.74. The number of nitrogens with one attached hydrogen (secondary N) is 1. The number of phenolic OH excluding ortho intramolecular Hbond substituents is 1. The Morgan fingerprint density at radius 1 is 1.28 bits per heavy atom. The fourth-order valence-corrected chi connectivity index (χ4v) is 2.00. The molecular formula is C15H25NO2. The first-order valence-electron chi connectivity index (χ1n) is 6.72. The van der Waals surface area contributed by atoms with Crippen molar-refractivity contribution in [2.24, 2.45) is 5.92 Å². The number of ether oxygens (including phenoxy) is 1. The molecule has 0 aliphatic rings. The molecule has 1 aromatic carbocycles. The average molecular weight is 251 g/mol. The molecule has 0 amide bonds. The predicted molar refractivity (Wildman–Crippen MR) is 75.1 cm³/mol. The molecule has 0 radical (unpaired) electrons. The van der Waals surface area contributed by atoms with E-state index in [4.69, 9.17) is 4.74 Å². The van der Waals surface area contributed by atoms with Crippen molar-refractivity contribution < 1.29 is 9.84 Å². The number of hydrogen-bond acceptors (Lipinski definition) is 3. The van der Waals surface area contributed by atoms with Crippen LogP contribution < -0.4 is 10.1 Å². The number of hydrogen-bond donors (Lipinski definition) is 2. The molecule has 0 aliphatic carbocycles. The van der Waals surface area contributed by atoms with Gasteiger partial charge in [0.25, 0.3) is 0 Å². The topological polar surface area (TPSA) is 41.5 Å². The first-order valence-corrected chi connectivity index (χ1v) is 6.72. The van der Waals surface area contributed by atoms with Crippen LogP contribution in [0.5, 0.6) is 11.5 Å². The summed E-state index contributed by atoms with van der Waals surface area (Å²) in [7, 11) is 1.57. The maximum atomic E-state index is 9.57. The van der Waals surface area contributed by atoms with E-state index < -0.39 is 0 Å². The molecule has 2 N–H and O–H groups in total. The minimum atomic E-state index is 0.188. The van der Waals surface area contributed by atoms with Crippen LogP contribution in [0.1, 0.15) is 45.2 Å². The van der Waals surface area contributed by atoms with Crippen LogP contribution >= 0.6 is 0 Å². The molecule has 18 heavy (non-hydrogen) atoms. The van der Waals surface area contributed by atoms with Gasteiger partial charge in [0, 0.05) is 6.04 Å². The van der Waals surface area contributed by atoms with Crippen molar-refractivity contribution in [3.63, 3.8) is 0 Å². The third-order valence-corrected chi connectivity index (χ3v) is 3.57. The first kappa shape index (κ1) is 14.8. The standard InChI is InChI=1S/C15H25NO2/c1-5-12(6-2)10-16-11(3)13-7-8-14(17)15(9-13)18-4/h7-9,11-12,16-17H,5-6,10H2,1-4H3. The molecule has 1 aromatic rings. The maximum Gasteiger partial charge on any atom is 0.160 e. The Kier molecular flexibility index (Phi) is 5.99. The molecule has 1 rings (SSSR count). The third kappa shape index (κ3) is 3.91. The lowest BCUT2D eigenvalue weighted by atomic mass is 10.0. The first-order chi connectivity index (χ1) is 8.62. The normalized spacial score (nSPS) is 12.7. The second-order valence-electron chi connectivity index (χ2n) is 4.74. The van der Waals surface area contributed by atoms with E-state index in [2.05, 4.69) is 26.1 Å². The summed E-state index contributed by atoms with van der Waals surface area (Å²) < 4.78 is 5.13. The van der Waals surface area contributed by atoms with Crippen LogP contribution in [0, 0.1) is 5.92 Å². The molecule has 102 valence electrons. The molecule has 3 nitrogen and oxygen atoms in total. The van der Waals surface area contributed by atoms with Gasteiger partial charge in [-0.2, -0.15) is 0 Å². The van der Waals surface area contributed by atoms with Gasteiger partial charge in [-0.3, -0.25) is 0 Å². The molecular weight excluding hydrogens is 226 g/mol. The van der Waals surface area contributed by atoms with Gasteiger partial charge in [-0.15, -0.1) is 0 Å². The van der Waals surface area contributed by atoms with E-state index in [1.165, 1.54) is 12.8 Å². The Bertz CT molecular complexity index is 362. The lowest BCUT2D eigenvalue weighted by molar-refractivity contribution is 0.371. The highest BCUT2D eigenvalue weighted by atomic mass is 16.5. The summed E-state index contributed by atoms with van der Waals surface area (Å²) >= 11 is 0. The summed E-state index contributed by atoms with van der Waals surface area (Å²) in [5.41, 5.74) is 1.13. The van der Waals surface area contributed by atoms with E-state index in [0.29, 0.717) is 5.75 Å². The Labute approximate surface area is 110 Å². The van der Waals surface area contributed by atoms with Crippen molar-refractivity contribution in [2.45, 2.75) is 39.7 Å². The smallest absolute Gasteiger partial charge is 0.160 e. The lowest BCUT2D eigenvalue weighted by Gasteiger charge is -2.19. The largest absolute Gasteiger partial charge is 0.504 e. The number of aromatic hydroxyl groups is 1. The van der Waals surface area contributed by atoms with Crippen LogP contribution in [0.2, 0.25) is 0 Å². The molecule has 0 aromatic heterocycles. The molecule has 0 fully saturated rings. The van der Waals surface area contributed by atoms with E-state index in [9.17, 15) is 5.11 Å². The van der Waals surface area contributed by atoms with Crippen molar-refractivity contribution in [3.05, 3.63) is 23.8 Å². The molecule has 1 unspecified atom stereocenters. The van der Waals surface area contributed by atoms with Crippen molar-refractivity contribution in [1.29, 1.82) is 0 Å². The van der Waals surface area contributed by atoms with E-state index in [-0.39, 0.29) is 11.8 Å². The minimum Gasteiger partial charge on any atom is -0.504 e. The van der Waals surface area contributed by atoms with Gasteiger partial charge < -0.3 is 15.2 Å². The number of benzene rings is 1. The molecule has 0 saturated heterocycles. The van der Waals surface area contributed by atoms with Gasteiger partial charge in [0.2, 0.25) is 0 Å². The summed E-state index contributed by atoms with van der Waals surface area (Å²) in [6, 6.07) is 5.77. The third-order valence-electron chi connectivity index (χ3n) is 3.57. The van der Waals surface area contributed by atoms with E-state index in [1.54, 1.807) is 13.2 Å². The fraction of sp³-hybridized carbons (Fsp3) is 0.600. The van der Waals surface area contributed by atoms with Gasteiger partial charge >= 0.3 is 0 Å². The number of rotatable bonds is 7. The summed E-state index contributed by atoms with van der Waals surface area (Å²) in [5, 5.41) is 13.1. The average Bonchev–Trinajstić information content (AvgIpc) is 2.40. The monoisotopic (exact) mass is 251 g/mol. The minimum absolute atomic E-state index is 0.188. The van der Waals surface area contributed by atoms with Gasteiger partial charge in [-0.1, -0.05) is 32.8 Å². The van der Waals surface area contributed by atoms with E-state index >= 15 is 0 Å².